The van der Waals surface area contributed by atoms with Crippen molar-refractivity contribution in [1.29, 1.82) is 0 Å². The molecule has 1 amide bonds. The smallest absolute Gasteiger partial charge is 0.264 e. The number of methoxy groups -OCH3 is 1. The summed E-state index contributed by atoms with van der Waals surface area (Å²) in [6.07, 6.45) is 1.69. The number of carbonyl (C=O) groups excluding carboxylic acids is 1. The van der Waals surface area contributed by atoms with Crippen LogP contribution in [0.1, 0.15) is 5.76 Å². The molecule has 0 atom stereocenters. The van der Waals surface area contributed by atoms with Crippen LogP contribution in [0, 0.1) is 0 Å². The number of benzene rings is 2. The van der Waals surface area contributed by atoms with Gasteiger partial charge in [0.1, 0.15) is 17.3 Å². The summed E-state index contributed by atoms with van der Waals surface area (Å²) in [6.45, 7) is 0. The minimum atomic E-state index is -0.216. The first-order valence-electron chi connectivity index (χ1n) is 8.51. The van der Waals surface area contributed by atoms with E-state index in [1.807, 2.05) is 54.6 Å². The summed E-state index contributed by atoms with van der Waals surface area (Å²) < 4.78 is 11.8. The topological polar surface area (TPSA) is 63.8 Å². The highest BCUT2D eigenvalue weighted by Gasteiger charge is 2.24. The van der Waals surface area contributed by atoms with E-state index in [-0.39, 0.29) is 5.91 Å². The lowest BCUT2D eigenvalue weighted by molar-refractivity contribution is -0.115. The average Bonchev–Trinajstić information content (AvgIpc) is 3.32. The van der Waals surface area contributed by atoms with E-state index in [4.69, 9.17) is 20.8 Å². The lowest BCUT2D eigenvalue weighted by Crippen LogP contribution is -2.19. The fourth-order valence-electron chi connectivity index (χ4n) is 2.62. The van der Waals surface area contributed by atoms with Gasteiger partial charge in [-0.15, -0.1) is 0 Å². The normalized spacial score (nSPS) is 16.4. The van der Waals surface area contributed by atoms with Crippen molar-refractivity contribution in [2.24, 2.45) is 4.99 Å². The molecular weight excluding hydrogens is 476 g/mol. The Labute approximate surface area is 184 Å². The molecule has 0 unspecified atom stereocenters. The Hall–Kier alpha value is -2.48. The summed E-state index contributed by atoms with van der Waals surface area (Å²) in [7, 11) is 1.61. The Morgan fingerprint density at radius 3 is 2.69 bits per heavy atom. The molecule has 0 spiro atoms. The standard InChI is InChI=1S/C21H14BrClN2O3S/c1-27-14-5-3-13(4-6-14)24-21-25-20(26)19(29-21)11-15-7-9-18(28-15)12-2-8-16(22)17(23)10-12/h2-11H,1H3,(H,24,25,26)/b19-11+. The molecule has 1 aromatic heterocycles. The van der Waals surface area contributed by atoms with Crippen LogP contribution in [-0.4, -0.2) is 18.2 Å². The van der Waals surface area contributed by atoms with Gasteiger partial charge in [-0.25, -0.2) is 4.99 Å². The van der Waals surface area contributed by atoms with Gasteiger partial charge in [0.25, 0.3) is 5.91 Å². The summed E-state index contributed by atoms with van der Waals surface area (Å²) in [5, 5.41) is 3.88. The fourth-order valence-corrected chi connectivity index (χ4v) is 3.87. The second kappa shape index (κ2) is 8.49. The zero-order chi connectivity index (χ0) is 20.4. The van der Waals surface area contributed by atoms with Gasteiger partial charge in [0, 0.05) is 16.1 Å². The highest BCUT2D eigenvalue weighted by Crippen LogP contribution is 2.32. The number of hydrogen-bond donors (Lipinski definition) is 1. The van der Waals surface area contributed by atoms with E-state index in [0.29, 0.717) is 26.6 Å². The Bertz CT molecular complexity index is 1140. The first kappa shape index (κ1) is 19.8. The molecule has 1 N–H and O–H groups in total. The molecule has 29 heavy (non-hydrogen) atoms. The van der Waals surface area contributed by atoms with Gasteiger partial charge in [0.2, 0.25) is 0 Å². The van der Waals surface area contributed by atoms with Crippen LogP contribution < -0.4 is 10.1 Å². The number of rotatable bonds is 4. The minimum Gasteiger partial charge on any atom is -0.497 e. The maximum Gasteiger partial charge on any atom is 0.264 e. The monoisotopic (exact) mass is 488 g/mol. The molecular formula is C21H14BrClN2O3S. The third kappa shape index (κ3) is 4.58. The zero-order valence-corrected chi connectivity index (χ0v) is 18.3. The van der Waals surface area contributed by atoms with Crippen molar-refractivity contribution >= 4 is 62.1 Å². The van der Waals surface area contributed by atoms with Gasteiger partial charge >= 0.3 is 0 Å². The van der Waals surface area contributed by atoms with Crippen molar-refractivity contribution in [2.45, 2.75) is 0 Å². The summed E-state index contributed by atoms with van der Waals surface area (Å²) in [5.41, 5.74) is 1.58. The van der Waals surface area contributed by atoms with Gasteiger partial charge in [-0.1, -0.05) is 17.7 Å². The lowest BCUT2D eigenvalue weighted by atomic mass is 10.2. The van der Waals surface area contributed by atoms with Gasteiger partial charge in [-0.2, -0.15) is 0 Å². The third-order valence-corrected chi connectivity index (χ3v) is 6.20. The van der Waals surface area contributed by atoms with E-state index in [1.54, 1.807) is 13.2 Å². The Balaban J connectivity index is 1.52. The summed E-state index contributed by atoms with van der Waals surface area (Å²) in [4.78, 5) is 17.2. The van der Waals surface area contributed by atoms with Gasteiger partial charge in [0.15, 0.2) is 5.17 Å². The molecule has 0 saturated carbocycles. The van der Waals surface area contributed by atoms with Gasteiger partial charge in [0.05, 0.1) is 22.7 Å². The fraction of sp³-hybridized carbons (Fsp3) is 0.0476. The molecule has 1 aliphatic heterocycles. The van der Waals surface area contributed by atoms with E-state index < -0.39 is 0 Å². The maximum absolute atomic E-state index is 12.3. The van der Waals surface area contributed by atoms with Crippen LogP contribution in [0.25, 0.3) is 17.4 Å². The Morgan fingerprint density at radius 2 is 1.97 bits per heavy atom. The highest BCUT2D eigenvalue weighted by atomic mass is 79.9. The van der Waals surface area contributed by atoms with E-state index in [0.717, 1.165) is 21.5 Å². The molecule has 0 aliphatic carbocycles. The molecule has 3 aromatic rings. The largest absolute Gasteiger partial charge is 0.497 e. The van der Waals surface area contributed by atoms with E-state index in [2.05, 4.69) is 26.2 Å². The van der Waals surface area contributed by atoms with Gasteiger partial charge in [-0.3, -0.25) is 4.79 Å². The quantitative estimate of drug-likeness (QED) is 0.439. The molecule has 2 heterocycles. The number of nitrogens with zero attached hydrogens (tertiary/aromatic N) is 1. The van der Waals surface area contributed by atoms with E-state index in [1.165, 1.54) is 11.8 Å². The predicted molar refractivity (Wildman–Crippen MR) is 121 cm³/mol. The second-order valence-corrected chi connectivity index (χ2v) is 8.30. The van der Waals surface area contributed by atoms with Crippen molar-refractivity contribution in [3.63, 3.8) is 0 Å². The number of carbonyl (C=O) groups is 1. The van der Waals surface area contributed by atoms with Crippen molar-refractivity contribution in [3.8, 4) is 17.1 Å². The molecule has 5 nitrogen and oxygen atoms in total. The van der Waals surface area contributed by atoms with Crippen LogP contribution in [0.5, 0.6) is 5.75 Å². The van der Waals surface area contributed by atoms with Crippen molar-refractivity contribution in [2.75, 3.05) is 7.11 Å². The lowest BCUT2D eigenvalue weighted by Gasteiger charge is -2.00. The summed E-state index contributed by atoms with van der Waals surface area (Å²) in [6, 6.07) is 16.5. The van der Waals surface area contributed by atoms with Crippen molar-refractivity contribution in [1.82, 2.24) is 5.32 Å². The van der Waals surface area contributed by atoms with Crippen LogP contribution >= 0.6 is 39.3 Å². The molecule has 146 valence electrons. The number of hydrogen-bond acceptors (Lipinski definition) is 5. The number of amides is 1. The molecule has 1 aliphatic rings. The number of aliphatic imine (C=N–C) groups is 1. The molecule has 0 bridgehead atoms. The Kier molecular flexibility index (Phi) is 5.80. The molecule has 2 aromatic carbocycles. The molecule has 1 fully saturated rings. The molecule has 8 heteroatoms. The van der Waals surface area contributed by atoms with E-state index in [9.17, 15) is 4.79 Å². The van der Waals surface area contributed by atoms with Crippen molar-refractivity contribution < 1.29 is 13.9 Å². The van der Waals surface area contributed by atoms with Crippen LogP contribution in [-0.2, 0) is 4.79 Å². The van der Waals surface area contributed by atoms with E-state index >= 15 is 0 Å². The predicted octanol–water partition coefficient (Wildman–Crippen LogP) is 6.26. The maximum atomic E-state index is 12.3. The molecule has 1 saturated heterocycles. The van der Waals surface area contributed by atoms with Gasteiger partial charge in [-0.05, 0) is 76.2 Å². The van der Waals surface area contributed by atoms with Crippen LogP contribution in [0.15, 0.2) is 73.4 Å². The van der Waals surface area contributed by atoms with Crippen LogP contribution in [0.3, 0.4) is 0 Å². The number of thioether (sulfide) groups is 1. The minimum absolute atomic E-state index is 0.216. The number of furan rings is 1. The van der Waals surface area contributed by atoms with Crippen molar-refractivity contribution in [3.05, 3.63) is 74.8 Å². The molecule has 0 radical (unpaired) electrons. The first-order valence-corrected chi connectivity index (χ1v) is 10.5. The first-order chi connectivity index (χ1) is 14.0. The highest BCUT2D eigenvalue weighted by molar-refractivity contribution is 9.10. The summed E-state index contributed by atoms with van der Waals surface area (Å²) >= 11 is 10.8. The van der Waals surface area contributed by atoms with Crippen LogP contribution in [0.4, 0.5) is 5.69 Å². The number of amidine groups is 1. The molecule has 4 rings (SSSR count). The zero-order valence-electron chi connectivity index (χ0n) is 15.1. The van der Waals surface area contributed by atoms with Crippen LogP contribution in [0.2, 0.25) is 5.02 Å². The Morgan fingerprint density at radius 1 is 1.17 bits per heavy atom. The number of nitrogens with one attached hydrogen (secondary N) is 1. The number of halogens is 2. The number of ether oxygens (including phenoxy) is 1. The SMILES string of the molecule is COc1ccc(N=C2NC(=O)/C(=C\c3ccc(-c4ccc(Br)c(Cl)c4)o3)S2)cc1. The average molecular weight is 490 g/mol. The second-order valence-electron chi connectivity index (χ2n) is 6.01. The third-order valence-electron chi connectivity index (χ3n) is 4.06. The summed E-state index contributed by atoms with van der Waals surface area (Å²) in [5.74, 6) is 1.77. The van der Waals surface area contributed by atoms with Gasteiger partial charge < -0.3 is 14.5 Å².